The maximum atomic E-state index is 12.7. The van der Waals surface area contributed by atoms with Crippen LogP contribution in [0.25, 0.3) is 0 Å². The van der Waals surface area contributed by atoms with Gasteiger partial charge in [-0.1, -0.05) is 6.07 Å². The fourth-order valence-electron chi connectivity index (χ4n) is 3.59. The van der Waals surface area contributed by atoms with Gasteiger partial charge in [0.1, 0.15) is 11.9 Å². The van der Waals surface area contributed by atoms with Crippen LogP contribution in [0.2, 0.25) is 0 Å². The van der Waals surface area contributed by atoms with Gasteiger partial charge in [-0.25, -0.2) is 0 Å². The predicted molar refractivity (Wildman–Crippen MR) is 104 cm³/mol. The number of piperazine rings is 1. The van der Waals surface area contributed by atoms with Crippen LogP contribution in [0.4, 0.5) is 0 Å². The summed E-state index contributed by atoms with van der Waals surface area (Å²) in [5.41, 5.74) is 0.600. The van der Waals surface area contributed by atoms with E-state index in [0.29, 0.717) is 44.1 Å². The Kier molecular flexibility index (Phi) is 7.28. The van der Waals surface area contributed by atoms with Gasteiger partial charge in [-0.05, 0) is 44.4 Å². The molecule has 2 atom stereocenters. The summed E-state index contributed by atoms with van der Waals surface area (Å²) in [7, 11) is 1.58. The summed E-state index contributed by atoms with van der Waals surface area (Å²) in [6, 6.07) is 7.14. The zero-order valence-corrected chi connectivity index (χ0v) is 16.8. The van der Waals surface area contributed by atoms with Gasteiger partial charge in [0.25, 0.3) is 11.8 Å². The van der Waals surface area contributed by atoms with E-state index in [2.05, 4.69) is 0 Å². The van der Waals surface area contributed by atoms with Crippen molar-refractivity contribution in [2.75, 3.05) is 46.5 Å². The van der Waals surface area contributed by atoms with Gasteiger partial charge in [0, 0.05) is 38.3 Å². The molecule has 28 heavy (non-hydrogen) atoms. The largest absolute Gasteiger partial charge is 0.497 e. The number of carbonyl (C=O) groups is 2. The number of methoxy groups -OCH3 is 1. The van der Waals surface area contributed by atoms with Crippen LogP contribution < -0.4 is 4.74 Å². The number of amides is 2. The Morgan fingerprint density at radius 3 is 2.61 bits per heavy atom. The quantitative estimate of drug-likeness (QED) is 0.743. The Balaban J connectivity index is 1.45. The second-order valence-corrected chi connectivity index (χ2v) is 7.31. The smallest absolute Gasteiger partial charge is 0.254 e. The molecule has 7 heteroatoms. The van der Waals surface area contributed by atoms with Gasteiger partial charge in [0.2, 0.25) is 0 Å². The molecule has 2 amide bonds. The molecule has 2 heterocycles. The molecule has 0 aliphatic carbocycles. The molecule has 1 aromatic rings. The fourth-order valence-corrected chi connectivity index (χ4v) is 3.59. The van der Waals surface area contributed by atoms with Crippen LogP contribution >= 0.6 is 0 Å². The molecule has 0 radical (unpaired) electrons. The summed E-state index contributed by atoms with van der Waals surface area (Å²) in [6.45, 7) is 5.09. The van der Waals surface area contributed by atoms with Crippen molar-refractivity contribution >= 4 is 11.8 Å². The van der Waals surface area contributed by atoms with E-state index in [9.17, 15) is 9.59 Å². The molecule has 2 unspecified atom stereocenters. The molecule has 7 nitrogen and oxygen atoms in total. The molecule has 2 aliphatic rings. The molecule has 2 aliphatic heterocycles. The van der Waals surface area contributed by atoms with Gasteiger partial charge >= 0.3 is 0 Å². The van der Waals surface area contributed by atoms with Crippen LogP contribution in [-0.4, -0.2) is 80.3 Å². The number of ether oxygens (including phenoxy) is 3. The SMILES string of the molecule is COc1cccc(C(=O)N2CCN(C(=O)C(C)OCC3CCCCO3)CC2)c1. The minimum atomic E-state index is -0.494. The Morgan fingerprint density at radius 1 is 1.18 bits per heavy atom. The third-order valence-electron chi connectivity index (χ3n) is 5.35. The predicted octanol–water partition coefficient (Wildman–Crippen LogP) is 1.95. The summed E-state index contributed by atoms with van der Waals surface area (Å²) >= 11 is 0. The molecule has 0 bridgehead atoms. The van der Waals surface area contributed by atoms with Gasteiger partial charge in [0.05, 0.1) is 19.8 Å². The number of hydrogen-bond donors (Lipinski definition) is 0. The summed E-state index contributed by atoms with van der Waals surface area (Å²) in [4.78, 5) is 28.9. The molecule has 0 aromatic heterocycles. The van der Waals surface area contributed by atoms with Crippen molar-refractivity contribution < 1.29 is 23.8 Å². The number of benzene rings is 1. The lowest BCUT2D eigenvalue weighted by atomic mass is 10.1. The third kappa shape index (κ3) is 5.23. The van der Waals surface area contributed by atoms with E-state index in [0.717, 1.165) is 25.9 Å². The van der Waals surface area contributed by atoms with E-state index in [1.54, 1.807) is 42.0 Å². The van der Waals surface area contributed by atoms with Crippen LogP contribution in [-0.2, 0) is 14.3 Å². The average molecular weight is 390 g/mol. The Hall–Kier alpha value is -2.12. The van der Waals surface area contributed by atoms with Crippen molar-refractivity contribution in [2.24, 2.45) is 0 Å². The Bertz CT molecular complexity index is 667. The third-order valence-corrected chi connectivity index (χ3v) is 5.35. The standard InChI is InChI=1S/C21H30N2O5/c1-16(28-15-19-7-3-4-13-27-19)20(24)22-9-11-23(12-10-22)21(25)17-6-5-8-18(14-17)26-2/h5-6,8,14,16,19H,3-4,7,9-13,15H2,1-2H3. The highest BCUT2D eigenvalue weighted by atomic mass is 16.5. The van der Waals surface area contributed by atoms with Crippen LogP contribution in [0.3, 0.4) is 0 Å². The van der Waals surface area contributed by atoms with E-state index in [-0.39, 0.29) is 17.9 Å². The Labute approximate surface area is 166 Å². The lowest BCUT2D eigenvalue weighted by Crippen LogP contribution is -2.53. The minimum absolute atomic E-state index is 0.0238. The van der Waals surface area contributed by atoms with Crippen LogP contribution in [0.1, 0.15) is 36.5 Å². The number of carbonyl (C=O) groups excluding carboxylic acids is 2. The molecule has 2 fully saturated rings. The number of rotatable bonds is 6. The van der Waals surface area contributed by atoms with Crippen molar-refractivity contribution in [3.8, 4) is 5.75 Å². The zero-order chi connectivity index (χ0) is 19.9. The maximum Gasteiger partial charge on any atom is 0.254 e. The first kappa shape index (κ1) is 20.6. The van der Waals surface area contributed by atoms with E-state index >= 15 is 0 Å². The van der Waals surface area contributed by atoms with Crippen LogP contribution in [0.15, 0.2) is 24.3 Å². The van der Waals surface area contributed by atoms with Crippen molar-refractivity contribution in [1.82, 2.24) is 9.80 Å². The highest BCUT2D eigenvalue weighted by Crippen LogP contribution is 2.17. The van der Waals surface area contributed by atoms with E-state index in [1.807, 2.05) is 6.07 Å². The number of nitrogens with zero attached hydrogens (tertiary/aromatic N) is 2. The van der Waals surface area contributed by atoms with Crippen LogP contribution in [0.5, 0.6) is 5.75 Å². The molecule has 1 aromatic carbocycles. The van der Waals surface area contributed by atoms with Gasteiger partial charge in [-0.15, -0.1) is 0 Å². The normalized spacial score (nSPS) is 21.3. The monoisotopic (exact) mass is 390 g/mol. The summed E-state index contributed by atoms with van der Waals surface area (Å²) in [5.74, 6) is 0.599. The van der Waals surface area contributed by atoms with Crippen molar-refractivity contribution in [3.63, 3.8) is 0 Å². The van der Waals surface area contributed by atoms with Gasteiger partial charge < -0.3 is 24.0 Å². The summed E-state index contributed by atoms with van der Waals surface area (Å²) < 4.78 is 16.6. The zero-order valence-electron chi connectivity index (χ0n) is 16.8. The average Bonchev–Trinajstić information content (AvgIpc) is 2.77. The molecular formula is C21H30N2O5. The van der Waals surface area contributed by atoms with Crippen LogP contribution in [0, 0.1) is 0 Å². The first-order chi connectivity index (χ1) is 13.6. The Morgan fingerprint density at radius 2 is 1.93 bits per heavy atom. The fraction of sp³-hybridized carbons (Fsp3) is 0.619. The first-order valence-electron chi connectivity index (χ1n) is 10.0. The molecule has 0 spiro atoms. The molecular weight excluding hydrogens is 360 g/mol. The lowest BCUT2D eigenvalue weighted by Gasteiger charge is -2.36. The molecule has 0 N–H and O–H groups in total. The highest BCUT2D eigenvalue weighted by molar-refractivity contribution is 5.94. The molecule has 0 saturated carbocycles. The maximum absolute atomic E-state index is 12.7. The first-order valence-corrected chi connectivity index (χ1v) is 10.0. The van der Waals surface area contributed by atoms with Gasteiger partial charge in [0.15, 0.2) is 0 Å². The number of hydrogen-bond acceptors (Lipinski definition) is 5. The van der Waals surface area contributed by atoms with Crippen molar-refractivity contribution in [2.45, 2.75) is 38.4 Å². The van der Waals surface area contributed by atoms with E-state index in [1.165, 1.54) is 0 Å². The topological polar surface area (TPSA) is 68.3 Å². The van der Waals surface area contributed by atoms with Crippen molar-refractivity contribution in [1.29, 1.82) is 0 Å². The van der Waals surface area contributed by atoms with Crippen molar-refractivity contribution in [3.05, 3.63) is 29.8 Å². The van der Waals surface area contributed by atoms with Gasteiger partial charge in [-0.3, -0.25) is 9.59 Å². The van der Waals surface area contributed by atoms with Gasteiger partial charge in [-0.2, -0.15) is 0 Å². The second kappa shape index (κ2) is 9.89. The lowest BCUT2D eigenvalue weighted by molar-refractivity contribution is -0.147. The summed E-state index contributed by atoms with van der Waals surface area (Å²) in [6.07, 6.45) is 2.85. The molecule has 3 rings (SSSR count). The molecule has 2 saturated heterocycles. The van der Waals surface area contributed by atoms with E-state index in [4.69, 9.17) is 14.2 Å². The minimum Gasteiger partial charge on any atom is -0.497 e. The summed E-state index contributed by atoms with van der Waals surface area (Å²) in [5, 5.41) is 0. The molecule has 154 valence electrons. The highest BCUT2D eigenvalue weighted by Gasteiger charge is 2.28. The second-order valence-electron chi connectivity index (χ2n) is 7.31. The van der Waals surface area contributed by atoms with E-state index < -0.39 is 6.10 Å².